The first-order chi connectivity index (χ1) is 13.2. The third kappa shape index (κ3) is 6.53. The monoisotopic (exact) mass is 447 g/mol. The number of benzene rings is 1. The van der Waals surface area contributed by atoms with Gasteiger partial charge in [0.15, 0.2) is 0 Å². The SMILES string of the molecule is Cl.Cl.O=C(CC1CC2CCC(C1)N2)NCC(c1ccc(F)cc1)N1CCOCC1. The van der Waals surface area contributed by atoms with Crippen molar-refractivity contribution < 1.29 is 13.9 Å². The summed E-state index contributed by atoms with van der Waals surface area (Å²) >= 11 is 0. The molecule has 3 atom stereocenters. The maximum Gasteiger partial charge on any atom is 0.220 e. The summed E-state index contributed by atoms with van der Waals surface area (Å²) in [6, 6.07) is 7.93. The molecule has 3 heterocycles. The number of nitrogens with zero attached hydrogens (tertiary/aromatic N) is 1. The van der Waals surface area contributed by atoms with Crippen LogP contribution in [0.1, 0.15) is 43.7 Å². The van der Waals surface area contributed by atoms with Gasteiger partial charge in [-0.05, 0) is 49.3 Å². The zero-order valence-corrected chi connectivity index (χ0v) is 18.3. The number of ether oxygens (including phenoxy) is 1. The van der Waals surface area contributed by atoms with E-state index in [0.717, 1.165) is 31.5 Å². The van der Waals surface area contributed by atoms with Crippen molar-refractivity contribution in [1.29, 1.82) is 0 Å². The van der Waals surface area contributed by atoms with Gasteiger partial charge in [-0.2, -0.15) is 0 Å². The fourth-order valence-corrected chi connectivity index (χ4v) is 4.92. The Bertz CT molecular complexity index is 631. The second-order valence-electron chi connectivity index (χ2n) is 8.20. The molecule has 0 aromatic heterocycles. The molecule has 3 fully saturated rings. The highest BCUT2D eigenvalue weighted by Gasteiger charge is 2.34. The van der Waals surface area contributed by atoms with E-state index in [-0.39, 0.29) is 42.6 Å². The number of hydrogen-bond acceptors (Lipinski definition) is 4. The van der Waals surface area contributed by atoms with Gasteiger partial charge in [0, 0.05) is 38.1 Å². The molecule has 8 heteroatoms. The predicted octanol–water partition coefficient (Wildman–Crippen LogP) is 3.08. The lowest BCUT2D eigenvalue weighted by molar-refractivity contribution is -0.122. The predicted molar refractivity (Wildman–Crippen MR) is 116 cm³/mol. The number of rotatable bonds is 6. The number of amides is 1. The van der Waals surface area contributed by atoms with Gasteiger partial charge in [-0.25, -0.2) is 4.39 Å². The lowest BCUT2D eigenvalue weighted by Gasteiger charge is -2.35. The highest BCUT2D eigenvalue weighted by atomic mass is 35.5. The number of halogens is 3. The minimum atomic E-state index is -0.232. The number of nitrogens with one attached hydrogen (secondary N) is 2. The Kier molecular flexibility index (Phi) is 9.63. The van der Waals surface area contributed by atoms with Crippen LogP contribution in [0.2, 0.25) is 0 Å². The van der Waals surface area contributed by atoms with Crippen molar-refractivity contribution >= 4 is 30.7 Å². The van der Waals surface area contributed by atoms with Crippen molar-refractivity contribution in [3.8, 4) is 0 Å². The van der Waals surface area contributed by atoms with Crippen molar-refractivity contribution in [2.24, 2.45) is 5.92 Å². The first-order valence-corrected chi connectivity index (χ1v) is 10.3. The minimum absolute atomic E-state index is 0. The summed E-state index contributed by atoms with van der Waals surface area (Å²) in [4.78, 5) is 14.9. The van der Waals surface area contributed by atoms with E-state index >= 15 is 0 Å². The van der Waals surface area contributed by atoms with Gasteiger partial charge in [0.1, 0.15) is 5.82 Å². The zero-order valence-electron chi connectivity index (χ0n) is 16.6. The number of carbonyl (C=O) groups excluding carboxylic acids is 1. The minimum Gasteiger partial charge on any atom is -0.379 e. The second-order valence-corrected chi connectivity index (χ2v) is 8.20. The number of piperidine rings is 1. The van der Waals surface area contributed by atoms with Crippen LogP contribution in [-0.2, 0) is 9.53 Å². The molecule has 29 heavy (non-hydrogen) atoms. The van der Waals surface area contributed by atoms with Crippen LogP contribution in [0.25, 0.3) is 0 Å². The molecule has 0 saturated carbocycles. The summed E-state index contributed by atoms with van der Waals surface area (Å²) in [6.45, 7) is 3.61. The lowest BCUT2D eigenvalue weighted by Crippen LogP contribution is -2.44. The van der Waals surface area contributed by atoms with Crippen LogP contribution in [0.4, 0.5) is 4.39 Å². The Morgan fingerprint density at radius 3 is 2.38 bits per heavy atom. The molecule has 1 aromatic carbocycles. The Labute approximate surface area is 184 Å². The van der Waals surface area contributed by atoms with Gasteiger partial charge >= 0.3 is 0 Å². The summed E-state index contributed by atoms with van der Waals surface area (Å²) in [6.07, 6.45) is 5.37. The number of morpholine rings is 1. The second kappa shape index (κ2) is 11.5. The van der Waals surface area contributed by atoms with Crippen molar-refractivity contribution in [1.82, 2.24) is 15.5 Å². The van der Waals surface area contributed by atoms with Crippen molar-refractivity contribution in [3.63, 3.8) is 0 Å². The molecule has 4 rings (SSSR count). The Morgan fingerprint density at radius 1 is 1.14 bits per heavy atom. The van der Waals surface area contributed by atoms with Crippen molar-refractivity contribution in [2.45, 2.75) is 50.2 Å². The normalized spacial score (nSPS) is 27.4. The Balaban J connectivity index is 0.00000150. The average Bonchev–Trinajstić information content (AvgIpc) is 3.02. The molecule has 5 nitrogen and oxygen atoms in total. The van der Waals surface area contributed by atoms with Gasteiger partial charge in [-0.1, -0.05) is 12.1 Å². The molecule has 3 aliphatic rings. The molecule has 1 amide bonds. The maximum absolute atomic E-state index is 13.3. The number of fused-ring (bicyclic) bond motifs is 2. The summed E-state index contributed by atoms with van der Waals surface area (Å²) in [7, 11) is 0. The van der Waals surface area contributed by atoms with Gasteiger partial charge in [-0.15, -0.1) is 24.8 Å². The Morgan fingerprint density at radius 2 is 1.76 bits per heavy atom. The third-order valence-corrected chi connectivity index (χ3v) is 6.28. The van der Waals surface area contributed by atoms with Gasteiger partial charge in [0.05, 0.1) is 19.3 Å². The van der Waals surface area contributed by atoms with E-state index in [4.69, 9.17) is 4.74 Å². The van der Waals surface area contributed by atoms with Crippen LogP contribution in [0.15, 0.2) is 24.3 Å². The molecular formula is C21H32Cl2FN3O2. The Hall–Kier alpha value is -0.920. The fraction of sp³-hybridized carbons (Fsp3) is 0.667. The molecule has 3 aliphatic heterocycles. The molecule has 3 unspecified atom stereocenters. The lowest BCUT2D eigenvalue weighted by atomic mass is 9.89. The van der Waals surface area contributed by atoms with Crippen molar-refractivity contribution in [3.05, 3.63) is 35.6 Å². The highest BCUT2D eigenvalue weighted by molar-refractivity contribution is 5.85. The smallest absolute Gasteiger partial charge is 0.220 e. The van der Waals surface area contributed by atoms with Gasteiger partial charge in [0.2, 0.25) is 5.91 Å². The first kappa shape index (κ1) is 24.4. The van der Waals surface area contributed by atoms with E-state index in [1.54, 1.807) is 0 Å². The van der Waals surface area contributed by atoms with E-state index in [2.05, 4.69) is 15.5 Å². The molecule has 1 aromatic rings. The zero-order chi connectivity index (χ0) is 18.6. The molecule has 164 valence electrons. The summed E-state index contributed by atoms with van der Waals surface area (Å²) in [5.41, 5.74) is 1.04. The van der Waals surface area contributed by atoms with Gasteiger partial charge in [-0.3, -0.25) is 9.69 Å². The highest BCUT2D eigenvalue weighted by Crippen LogP contribution is 2.32. The first-order valence-electron chi connectivity index (χ1n) is 10.3. The van der Waals surface area contributed by atoms with Crippen molar-refractivity contribution in [2.75, 3.05) is 32.8 Å². The molecule has 0 radical (unpaired) electrons. The van der Waals surface area contributed by atoms with Crippen LogP contribution in [-0.4, -0.2) is 55.7 Å². The van der Waals surface area contributed by atoms with E-state index < -0.39 is 0 Å². The maximum atomic E-state index is 13.3. The average molecular weight is 448 g/mol. The van der Waals surface area contributed by atoms with E-state index in [0.29, 0.717) is 44.2 Å². The quantitative estimate of drug-likeness (QED) is 0.703. The topological polar surface area (TPSA) is 53.6 Å². The third-order valence-electron chi connectivity index (χ3n) is 6.28. The summed E-state index contributed by atoms with van der Waals surface area (Å²) in [5.74, 6) is 0.405. The molecule has 3 saturated heterocycles. The van der Waals surface area contributed by atoms with E-state index in [1.165, 1.54) is 25.0 Å². The molecular weight excluding hydrogens is 416 g/mol. The van der Waals surface area contributed by atoms with E-state index in [1.807, 2.05) is 12.1 Å². The summed E-state index contributed by atoms with van der Waals surface area (Å²) < 4.78 is 18.8. The fourth-order valence-electron chi connectivity index (χ4n) is 4.92. The van der Waals surface area contributed by atoms with Gasteiger partial charge in [0.25, 0.3) is 0 Å². The molecule has 2 N–H and O–H groups in total. The van der Waals surface area contributed by atoms with Crippen LogP contribution < -0.4 is 10.6 Å². The summed E-state index contributed by atoms with van der Waals surface area (Å²) in [5, 5.41) is 6.79. The molecule has 0 spiro atoms. The number of carbonyl (C=O) groups is 1. The van der Waals surface area contributed by atoms with Crippen LogP contribution in [0, 0.1) is 11.7 Å². The molecule has 0 aliphatic carbocycles. The number of hydrogen-bond donors (Lipinski definition) is 2. The van der Waals surface area contributed by atoms with Gasteiger partial charge < -0.3 is 15.4 Å². The van der Waals surface area contributed by atoms with E-state index in [9.17, 15) is 9.18 Å². The van der Waals surface area contributed by atoms with Crippen LogP contribution >= 0.6 is 24.8 Å². The largest absolute Gasteiger partial charge is 0.379 e. The standard InChI is InChI=1S/C21H30FN3O2.2ClH/c22-17-3-1-16(2-4-17)20(25-7-9-27-10-8-25)14-23-21(26)13-15-11-18-5-6-19(12-15)24-18;;/h1-4,15,18-20,24H,5-14H2,(H,23,26);2*1H. The van der Waals surface area contributed by atoms with Crippen LogP contribution in [0.3, 0.4) is 0 Å². The molecule has 2 bridgehead atoms. The van der Waals surface area contributed by atoms with Crippen LogP contribution in [0.5, 0.6) is 0 Å².